The fourth-order valence-electron chi connectivity index (χ4n) is 0.676. The number of nitrogens with zero attached hydrogens (tertiary/aromatic N) is 2. The molecule has 0 spiro atoms. The van der Waals surface area contributed by atoms with Gasteiger partial charge in [0.2, 0.25) is 0 Å². The van der Waals surface area contributed by atoms with Crippen molar-refractivity contribution in [1.29, 1.82) is 0 Å². The predicted molar refractivity (Wildman–Crippen MR) is 40.0 cm³/mol. The van der Waals surface area contributed by atoms with Crippen LogP contribution in [0.3, 0.4) is 0 Å². The summed E-state index contributed by atoms with van der Waals surface area (Å²) >= 11 is 5.13. The molecule has 0 unspecified atom stereocenters. The second kappa shape index (κ2) is 2.39. The highest BCUT2D eigenvalue weighted by molar-refractivity contribution is 8.26. The van der Waals surface area contributed by atoms with Gasteiger partial charge in [-0.05, 0) is 25.3 Å². The third kappa shape index (κ3) is 1.07. The molecule has 1 aliphatic heterocycles. The van der Waals surface area contributed by atoms with Crippen molar-refractivity contribution in [1.82, 2.24) is 8.61 Å². The molecule has 2 nitrogen and oxygen atoms in total. The van der Waals surface area contributed by atoms with E-state index in [9.17, 15) is 0 Å². The van der Waals surface area contributed by atoms with Gasteiger partial charge in [0, 0.05) is 22.9 Å². The zero-order chi connectivity index (χ0) is 6.15. The molecule has 1 saturated heterocycles. The van der Waals surface area contributed by atoms with Crippen molar-refractivity contribution in [3.05, 3.63) is 0 Å². The monoisotopic (exact) mass is 150 g/mol. The predicted octanol–water partition coefficient (Wildman–Crippen LogP) is -0.226. The van der Waals surface area contributed by atoms with Crippen LogP contribution in [0, 0.1) is 0 Å². The van der Waals surface area contributed by atoms with Crippen LogP contribution in [-0.2, 0) is 21.0 Å². The summed E-state index contributed by atoms with van der Waals surface area (Å²) in [6.45, 7) is 2.26. The lowest BCUT2D eigenvalue weighted by Crippen LogP contribution is -2.18. The van der Waals surface area contributed by atoms with E-state index in [1.807, 2.05) is 0 Å². The van der Waals surface area contributed by atoms with Gasteiger partial charge in [0.15, 0.2) is 0 Å². The number of likely N-dealkylation sites (N-methyl/N-ethyl adjacent to an activating group) is 2. The van der Waals surface area contributed by atoms with E-state index in [0.717, 1.165) is 13.1 Å². The number of hydrogen-bond acceptors (Lipinski definition) is 1. The van der Waals surface area contributed by atoms with Crippen molar-refractivity contribution in [3.63, 3.8) is 0 Å². The Hall–Kier alpha value is 0.490. The molecule has 0 radical (unpaired) electrons. The van der Waals surface area contributed by atoms with Gasteiger partial charge in [0.25, 0.3) is 0 Å². The topological polar surface area (TPSA) is 6.48 Å². The zero-order valence-electron chi connectivity index (χ0n) is 5.13. The lowest BCUT2D eigenvalue weighted by atomic mass is 10.6. The molecule has 48 valence electrons. The second-order valence-corrected chi connectivity index (χ2v) is 4.54. The van der Waals surface area contributed by atoms with Crippen LogP contribution in [0.5, 0.6) is 0 Å². The normalized spacial score (nSPS) is 27.2. The summed E-state index contributed by atoms with van der Waals surface area (Å²) in [5.41, 5.74) is 0. The fraction of sp³-hybridized carbons (Fsp3) is 1.00. The average molecular weight is 150 g/mol. The Bertz CT molecular complexity index is 103. The Morgan fingerprint density at radius 3 is 1.75 bits per heavy atom. The van der Waals surface area contributed by atoms with Crippen LogP contribution in [-0.4, -0.2) is 35.8 Å². The Balaban J connectivity index is 2.57. The zero-order valence-corrected chi connectivity index (χ0v) is 6.76. The molecule has 0 aromatic carbocycles. The molecular weight excluding hydrogens is 140 g/mol. The Labute approximate surface area is 57.3 Å². The maximum atomic E-state index is 5.13. The van der Waals surface area contributed by atoms with E-state index in [0.29, 0.717) is 0 Å². The van der Waals surface area contributed by atoms with E-state index in [4.69, 9.17) is 11.2 Å². The van der Waals surface area contributed by atoms with Gasteiger partial charge in [0.05, 0.1) is 0 Å². The molecule has 8 heavy (non-hydrogen) atoms. The van der Waals surface area contributed by atoms with Gasteiger partial charge in [-0.1, -0.05) is 0 Å². The molecule has 0 saturated carbocycles. The van der Waals surface area contributed by atoms with E-state index in [-0.39, 0.29) is 9.83 Å². The summed E-state index contributed by atoms with van der Waals surface area (Å²) in [5.74, 6) is 0. The van der Waals surface area contributed by atoms with Gasteiger partial charge in [-0.15, -0.1) is 0 Å². The summed E-state index contributed by atoms with van der Waals surface area (Å²) in [6.07, 6.45) is 0. The Kier molecular flexibility index (Phi) is 1.97. The van der Waals surface area contributed by atoms with E-state index in [2.05, 4.69) is 22.7 Å². The second-order valence-electron chi connectivity index (χ2n) is 1.93. The van der Waals surface area contributed by atoms with Crippen molar-refractivity contribution in [3.8, 4) is 0 Å². The van der Waals surface area contributed by atoms with Crippen molar-refractivity contribution >= 4 is 21.0 Å². The third-order valence-electron chi connectivity index (χ3n) is 1.26. The summed E-state index contributed by atoms with van der Waals surface area (Å²) < 4.78 is 4.38. The van der Waals surface area contributed by atoms with Crippen LogP contribution in [0.4, 0.5) is 0 Å². The van der Waals surface area contributed by atoms with Crippen LogP contribution < -0.4 is 0 Å². The smallest absolute Gasteiger partial charge is 0.0238 e. The van der Waals surface area contributed by atoms with Gasteiger partial charge in [-0.2, -0.15) is 0 Å². The molecule has 0 N–H and O–H groups in total. The minimum atomic E-state index is -0.0123. The summed E-state index contributed by atoms with van der Waals surface area (Å²) in [5, 5.41) is 0. The average Bonchev–Trinajstić information content (AvgIpc) is 1.98. The molecule has 0 atom stereocenters. The summed E-state index contributed by atoms with van der Waals surface area (Å²) in [7, 11) is 4.13. The molecule has 1 fully saturated rings. The number of rotatable bonds is 0. The first-order valence-electron chi connectivity index (χ1n) is 2.56. The molecule has 0 amide bonds. The van der Waals surface area contributed by atoms with Crippen LogP contribution in [0.2, 0.25) is 0 Å². The minimum absolute atomic E-state index is 0.0123. The first-order chi connectivity index (χ1) is 3.72. The van der Waals surface area contributed by atoms with E-state index in [1.165, 1.54) is 0 Å². The van der Waals surface area contributed by atoms with Crippen LogP contribution >= 0.6 is 0 Å². The van der Waals surface area contributed by atoms with E-state index >= 15 is 0 Å². The largest absolute Gasteiger partial charge is 0.237 e. The Morgan fingerprint density at radius 2 is 1.62 bits per heavy atom. The minimum Gasteiger partial charge on any atom is -0.237 e. The van der Waals surface area contributed by atoms with Crippen LogP contribution in [0.25, 0.3) is 0 Å². The standard InChI is InChI=1S/C4H10N2S2/c1-5-3-4-6(2)8(5)7/h3-4H2,1-2H3. The van der Waals surface area contributed by atoms with Crippen molar-refractivity contribution in [2.24, 2.45) is 0 Å². The molecule has 1 heterocycles. The summed E-state index contributed by atoms with van der Waals surface area (Å²) in [6, 6.07) is 0. The van der Waals surface area contributed by atoms with E-state index in [1.54, 1.807) is 0 Å². The molecule has 0 bridgehead atoms. The van der Waals surface area contributed by atoms with Gasteiger partial charge in [-0.3, -0.25) is 0 Å². The van der Waals surface area contributed by atoms with Gasteiger partial charge < -0.3 is 0 Å². The number of hydrogen-bond donors (Lipinski definition) is 0. The molecule has 0 aromatic heterocycles. The SMILES string of the molecule is CN1CCN(C)S1=S. The van der Waals surface area contributed by atoms with Crippen molar-refractivity contribution in [2.75, 3.05) is 27.2 Å². The van der Waals surface area contributed by atoms with Crippen molar-refractivity contribution in [2.45, 2.75) is 0 Å². The molecule has 0 aliphatic carbocycles. The Morgan fingerprint density at radius 1 is 1.25 bits per heavy atom. The quantitative estimate of drug-likeness (QED) is 0.471. The van der Waals surface area contributed by atoms with Crippen LogP contribution in [0.1, 0.15) is 0 Å². The lowest BCUT2D eigenvalue weighted by Gasteiger charge is -2.10. The molecular formula is C4H10N2S2. The molecule has 1 aliphatic rings. The highest BCUT2D eigenvalue weighted by Gasteiger charge is 2.16. The summed E-state index contributed by atoms with van der Waals surface area (Å²) in [4.78, 5) is 0. The highest BCUT2D eigenvalue weighted by Crippen LogP contribution is 2.05. The van der Waals surface area contributed by atoms with E-state index < -0.39 is 0 Å². The highest BCUT2D eigenvalue weighted by atomic mass is 32.8. The van der Waals surface area contributed by atoms with Gasteiger partial charge >= 0.3 is 0 Å². The van der Waals surface area contributed by atoms with Crippen LogP contribution in [0.15, 0.2) is 0 Å². The molecule has 4 heteroatoms. The maximum Gasteiger partial charge on any atom is 0.0238 e. The lowest BCUT2D eigenvalue weighted by molar-refractivity contribution is 0.553. The fourth-order valence-corrected chi connectivity index (χ4v) is 2.07. The first kappa shape index (κ1) is 6.61. The van der Waals surface area contributed by atoms with Gasteiger partial charge in [-0.25, -0.2) is 8.61 Å². The van der Waals surface area contributed by atoms with Gasteiger partial charge in [0.1, 0.15) is 0 Å². The third-order valence-corrected chi connectivity index (χ3v) is 4.22. The first-order valence-corrected chi connectivity index (χ1v) is 4.62. The molecule has 0 aromatic rings. The van der Waals surface area contributed by atoms with Crippen molar-refractivity contribution < 1.29 is 0 Å². The maximum absolute atomic E-state index is 5.13. The molecule has 1 rings (SSSR count).